The monoisotopic (exact) mass is 483 g/mol. The molecule has 0 saturated heterocycles. The maximum Gasteiger partial charge on any atom is 0.345 e. The predicted molar refractivity (Wildman–Crippen MR) is 123 cm³/mol. The maximum absolute atomic E-state index is 13.7. The van der Waals surface area contributed by atoms with Gasteiger partial charge in [0.15, 0.2) is 35.7 Å². The zero-order chi connectivity index (χ0) is 23.7. The normalized spacial score (nSPS) is 18.7. The molecule has 33 heavy (non-hydrogen) atoms. The van der Waals surface area contributed by atoms with Crippen LogP contribution in [0.3, 0.4) is 0 Å². The Balaban J connectivity index is 1.95. The third-order valence-corrected chi connectivity index (χ3v) is 10.6. The van der Waals surface area contributed by atoms with Crippen molar-refractivity contribution in [2.45, 2.75) is 33.3 Å². The molecule has 0 radical (unpaired) electrons. The standard InChI is InChI=1S/C24H21NO6S2/c1-18-25-24(23(26)31-18,19-11-5-2-6-12-19)17-22(32(27,28)20-13-7-3-8-14-20)33(29,30)21-15-9-4-10-16-21/h2-16,22H,17H2,1H3/t24-/m0/s1. The van der Waals surface area contributed by atoms with Crippen molar-refractivity contribution in [2.75, 3.05) is 0 Å². The molecule has 1 atom stereocenters. The summed E-state index contributed by atoms with van der Waals surface area (Å²) in [6.45, 7) is 1.47. The Morgan fingerprint density at radius 2 is 1.18 bits per heavy atom. The van der Waals surface area contributed by atoms with Crippen LogP contribution in [-0.2, 0) is 34.7 Å². The van der Waals surface area contributed by atoms with Crippen molar-refractivity contribution in [3.05, 3.63) is 96.6 Å². The molecule has 0 saturated carbocycles. The quantitative estimate of drug-likeness (QED) is 0.476. The van der Waals surface area contributed by atoms with Crippen LogP contribution in [0.15, 0.2) is 106 Å². The van der Waals surface area contributed by atoms with Crippen LogP contribution >= 0.6 is 0 Å². The summed E-state index contributed by atoms with van der Waals surface area (Å²) in [6, 6.07) is 22.9. The molecule has 7 nitrogen and oxygen atoms in total. The van der Waals surface area contributed by atoms with Crippen LogP contribution in [-0.4, -0.2) is 33.3 Å². The second-order valence-corrected chi connectivity index (χ2v) is 12.2. The van der Waals surface area contributed by atoms with Gasteiger partial charge in [-0.15, -0.1) is 0 Å². The lowest BCUT2D eigenvalue weighted by Crippen LogP contribution is -2.41. The van der Waals surface area contributed by atoms with Crippen LogP contribution in [0.4, 0.5) is 0 Å². The molecule has 9 heteroatoms. The molecular formula is C24H21NO6S2. The van der Waals surface area contributed by atoms with Gasteiger partial charge in [-0.1, -0.05) is 66.7 Å². The molecule has 3 aromatic carbocycles. The van der Waals surface area contributed by atoms with Crippen LogP contribution in [0.2, 0.25) is 0 Å². The Kier molecular flexibility index (Phi) is 5.94. The molecule has 4 rings (SSSR count). The first-order valence-corrected chi connectivity index (χ1v) is 13.2. The van der Waals surface area contributed by atoms with E-state index in [0.29, 0.717) is 5.56 Å². The van der Waals surface area contributed by atoms with Crippen molar-refractivity contribution in [1.29, 1.82) is 0 Å². The van der Waals surface area contributed by atoms with E-state index < -0.39 is 42.2 Å². The summed E-state index contributed by atoms with van der Waals surface area (Å²) in [7, 11) is -8.89. The molecule has 0 aromatic heterocycles. The van der Waals surface area contributed by atoms with Gasteiger partial charge in [0, 0.05) is 13.3 Å². The number of benzene rings is 3. The first kappa shape index (κ1) is 22.9. The summed E-state index contributed by atoms with van der Waals surface area (Å²) < 4.78 is 58.1. The van der Waals surface area contributed by atoms with Crippen LogP contribution in [0.1, 0.15) is 18.9 Å². The van der Waals surface area contributed by atoms with Crippen molar-refractivity contribution >= 4 is 31.5 Å². The molecule has 1 aliphatic heterocycles. The fourth-order valence-electron chi connectivity index (χ4n) is 3.85. The van der Waals surface area contributed by atoms with Crippen molar-refractivity contribution in [3.8, 4) is 0 Å². The summed E-state index contributed by atoms with van der Waals surface area (Å²) in [5.41, 5.74) is -1.47. The Morgan fingerprint density at radius 3 is 1.58 bits per heavy atom. The van der Waals surface area contributed by atoms with E-state index in [1.807, 2.05) is 0 Å². The lowest BCUT2D eigenvalue weighted by Gasteiger charge is -2.28. The van der Waals surface area contributed by atoms with Gasteiger partial charge in [0.05, 0.1) is 9.79 Å². The van der Waals surface area contributed by atoms with E-state index >= 15 is 0 Å². The SMILES string of the molecule is CC1=N[C@@](CC(S(=O)(=O)c2ccccc2)S(=O)(=O)c2ccccc2)(c2ccccc2)C(=O)O1. The third kappa shape index (κ3) is 4.09. The average Bonchev–Trinajstić information content (AvgIpc) is 3.12. The van der Waals surface area contributed by atoms with Gasteiger partial charge in [0.25, 0.3) is 0 Å². The van der Waals surface area contributed by atoms with E-state index in [1.54, 1.807) is 42.5 Å². The Hall–Kier alpha value is -3.30. The number of ether oxygens (including phenoxy) is 1. The molecule has 0 N–H and O–H groups in total. The summed E-state index contributed by atoms with van der Waals surface area (Å²) in [5.74, 6) is -0.778. The van der Waals surface area contributed by atoms with E-state index in [-0.39, 0.29) is 15.7 Å². The highest BCUT2D eigenvalue weighted by Gasteiger charge is 2.54. The van der Waals surface area contributed by atoms with E-state index in [4.69, 9.17) is 4.74 Å². The summed E-state index contributed by atoms with van der Waals surface area (Å²) in [6.07, 6.45) is -0.637. The van der Waals surface area contributed by atoms with Crippen molar-refractivity contribution < 1.29 is 26.4 Å². The van der Waals surface area contributed by atoms with Gasteiger partial charge in [0.1, 0.15) is 0 Å². The molecule has 170 valence electrons. The van der Waals surface area contributed by atoms with Gasteiger partial charge >= 0.3 is 5.97 Å². The van der Waals surface area contributed by atoms with E-state index in [0.717, 1.165) is 0 Å². The zero-order valence-corrected chi connectivity index (χ0v) is 19.3. The van der Waals surface area contributed by atoms with Crippen LogP contribution < -0.4 is 0 Å². The largest absolute Gasteiger partial charge is 0.410 e. The van der Waals surface area contributed by atoms with Crippen molar-refractivity contribution in [2.24, 2.45) is 4.99 Å². The molecule has 0 amide bonds. The average molecular weight is 484 g/mol. The van der Waals surface area contributed by atoms with Gasteiger partial charge in [0.2, 0.25) is 0 Å². The topological polar surface area (TPSA) is 107 Å². The smallest absolute Gasteiger partial charge is 0.345 e. The molecule has 1 heterocycles. The Labute approximate surface area is 192 Å². The highest BCUT2D eigenvalue weighted by molar-refractivity contribution is 8.09. The highest BCUT2D eigenvalue weighted by Crippen LogP contribution is 2.41. The van der Waals surface area contributed by atoms with E-state index in [9.17, 15) is 21.6 Å². The molecule has 0 fully saturated rings. The van der Waals surface area contributed by atoms with Crippen LogP contribution in [0, 0.1) is 0 Å². The first-order valence-electron chi connectivity index (χ1n) is 10.1. The van der Waals surface area contributed by atoms with Crippen LogP contribution in [0.5, 0.6) is 0 Å². The van der Waals surface area contributed by atoms with Crippen LogP contribution in [0.25, 0.3) is 0 Å². The maximum atomic E-state index is 13.7. The lowest BCUT2D eigenvalue weighted by atomic mass is 9.88. The molecule has 1 aliphatic rings. The minimum Gasteiger partial charge on any atom is -0.410 e. The fraction of sp³-hybridized carbons (Fsp3) is 0.167. The first-order chi connectivity index (χ1) is 15.7. The summed E-state index contributed by atoms with van der Waals surface area (Å²) >= 11 is 0. The minimum absolute atomic E-state index is 0.0387. The molecule has 0 spiro atoms. The molecule has 3 aromatic rings. The number of cyclic esters (lactones) is 1. The van der Waals surface area contributed by atoms with E-state index in [1.165, 1.54) is 55.5 Å². The van der Waals surface area contributed by atoms with Crippen molar-refractivity contribution in [3.63, 3.8) is 0 Å². The number of hydrogen-bond acceptors (Lipinski definition) is 7. The highest BCUT2D eigenvalue weighted by atomic mass is 32.3. The lowest BCUT2D eigenvalue weighted by molar-refractivity contribution is -0.139. The number of hydrogen-bond donors (Lipinski definition) is 0. The third-order valence-electron chi connectivity index (χ3n) is 5.48. The fourth-order valence-corrected chi connectivity index (χ4v) is 8.45. The molecule has 0 aliphatic carbocycles. The zero-order valence-electron chi connectivity index (χ0n) is 17.7. The van der Waals surface area contributed by atoms with Gasteiger partial charge in [-0.2, -0.15) is 0 Å². The summed E-state index contributed by atoms with van der Waals surface area (Å²) in [4.78, 5) is 17.1. The number of carbonyl (C=O) groups excluding carboxylic acids is 1. The number of carbonyl (C=O) groups is 1. The van der Waals surface area contributed by atoms with Gasteiger partial charge < -0.3 is 4.74 Å². The summed E-state index contributed by atoms with van der Waals surface area (Å²) in [5, 5.41) is 0. The Morgan fingerprint density at radius 1 is 0.758 bits per heavy atom. The van der Waals surface area contributed by atoms with Gasteiger partial charge in [-0.25, -0.2) is 26.6 Å². The van der Waals surface area contributed by atoms with Gasteiger partial charge in [-0.3, -0.25) is 0 Å². The number of sulfone groups is 2. The van der Waals surface area contributed by atoms with Crippen molar-refractivity contribution in [1.82, 2.24) is 0 Å². The van der Waals surface area contributed by atoms with Gasteiger partial charge in [-0.05, 0) is 29.8 Å². The Bertz CT molecular complexity index is 1330. The number of esters is 1. The number of aliphatic imine (C=N–C) groups is 1. The molecule has 0 unspecified atom stereocenters. The van der Waals surface area contributed by atoms with E-state index in [2.05, 4.69) is 4.99 Å². The molecular weight excluding hydrogens is 462 g/mol. The predicted octanol–water partition coefficient (Wildman–Crippen LogP) is 3.52. The minimum atomic E-state index is -4.45. The molecule has 0 bridgehead atoms. The second kappa shape index (κ2) is 8.57. The number of rotatable bonds is 7. The second-order valence-electron chi connectivity index (χ2n) is 7.60. The number of nitrogens with zero attached hydrogens (tertiary/aromatic N) is 1.